The maximum absolute atomic E-state index is 8.97. The molecule has 0 atom stereocenters. The fraction of sp³-hybridized carbons (Fsp3) is 0.308. The summed E-state index contributed by atoms with van der Waals surface area (Å²) in [6, 6.07) is 24.6. The molecule has 3 aromatic rings. The van der Waals surface area contributed by atoms with Gasteiger partial charge in [-0.1, -0.05) is 80.6 Å². The van der Waals surface area contributed by atoms with Crippen molar-refractivity contribution in [3.63, 3.8) is 0 Å². The summed E-state index contributed by atoms with van der Waals surface area (Å²) in [7, 11) is 0. The van der Waals surface area contributed by atoms with Gasteiger partial charge in [0, 0.05) is 6.61 Å². The van der Waals surface area contributed by atoms with Gasteiger partial charge < -0.3 is 5.11 Å². The molecule has 0 saturated heterocycles. The van der Waals surface area contributed by atoms with Crippen LogP contribution >= 0.6 is 0 Å². The highest BCUT2D eigenvalue weighted by molar-refractivity contribution is 5.72. The van der Waals surface area contributed by atoms with Crippen LogP contribution in [0, 0.1) is 0 Å². The molecule has 0 fully saturated rings. The van der Waals surface area contributed by atoms with Gasteiger partial charge in [0.2, 0.25) is 0 Å². The van der Waals surface area contributed by atoms with E-state index in [1.165, 1.54) is 38.9 Å². The van der Waals surface area contributed by atoms with Crippen LogP contribution in [-0.2, 0) is 19.3 Å². The fourth-order valence-corrected chi connectivity index (χ4v) is 3.59. The summed E-state index contributed by atoms with van der Waals surface area (Å²) in [5, 5.41) is 8.97. The maximum atomic E-state index is 8.97. The molecule has 3 rings (SSSR count). The Labute approximate surface area is 163 Å². The second kappa shape index (κ2) is 9.53. The van der Waals surface area contributed by atoms with Crippen LogP contribution in [0.3, 0.4) is 0 Å². The van der Waals surface area contributed by atoms with E-state index in [2.05, 4.69) is 80.6 Å². The Morgan fingerprint density at radius 2 is 1.22 bits per heavy atom. The number of unbranched alkanes of at least 4 members (excludes halogenated alkanes) is 1. The summed E-state index contributed by atoms with van der Waals surface area (Å²) in [5.74, 6) is 0. The standard InChI is InChI=1S/C26H30O/c1-3-20-8-11-23(12-9-20)24-13-15-25(16-14-24)26-17-10-21(7-5-6-18-27)19-22(26)4-2/h8-17,19,27H,3-7,18H2,1-2H3. The lowest BCUT2D eigenvalue weighted by atomic mass is 9.93. The Kier molecular flexibility index (Phi) is 6.84. The lowest BCUT2D eigenvalue weighted by Crippen LogP contribution is -1.93. The molecule has 0 heterocycles. The molecular formula is C26H30O. The summed E-state index contributed by atoms with van der Waals surface area (Å²) in [6.45, 7) is 4.69. The predicted molar refractivity (Wildman–Crippen MR) is 116 cm³/mol. The van der Waals surface area contributed by atoms with Crippen LogP contribution in [0.1, 0.15) is 43.4 Å². The molecule has 1 nitrogen and oxygen atoms in total. The molecule has 0 radical (unpaired) electrons. The molecule has 0 aliphatic rings. The van der Waals surface area contributed by atoms with E-state index >= 15 is 0 Å². The number of benzene rings is 3. The Morgan fingerprint density at radius 3 is 1.81 bits per heavy atom. The first kappa shape index (κ1) is 19.4. The SMILES string of the molecule is CCc1ccc(-c2ccc(-c3ccc(CCCCO)cc3CC)cc2)cc1. The third kappa shape index (κ3) is 4.87. The molecule has 0 aliphatic heterocycles. The number of aryl methyl sites for hydroxylation is 3. The highest BCUT2D eigenvalue weighted by atomic mass is 16.2. The third-order valence-corrected chi connectivity index (χ3v) is 5.32. The van der Waals surface area contributed by atoms with Crippen LogP contribution in [-0.4, -0.2) is 11.7 Å². The van der Waals surface area contributed by atoms with Crippen molar-refractivity contribution >= 4 is 0 Å². The molecule has 0 saturated carbocycles. The van der Waals surface area contributed by atoms with Crippen molar-refractivity contribution in [2.24, 2.45) is 0 Å². The quantitative estimate of drug-likeness (QED) is 0.458. The highest BCUT2D eigenvalue weighted by Crippen LogP contribution is 2.29. The number of aliphatic hydroxyl groups is 1. The van der Waals surface area contributed by atoms with Gasteiger partial charge in [-0.2, -0.15) is 0 Å². The smallest absolute Gasteiger partial charge is 0.0431 e. The second-order valence-electron chi connectivity index (χ2n) is 7.15. The number of hydrogen-bond acceptors (Lipinski definition) is 1. The fourth-order valence-electron chi connectivity index (χ4n) is 3.59. The van der Waals surface area contributed by atoms with Crippen molar-refractivity contribution in [3.05, 3.63) is 83.4 Å². The maximum Gasteiger partial charge on any atom is 0.0431 e. The van der Waals surface area contributed by atoms with Crippen LogP contribution in [0.5, 0.6) is 0 Å². The van der Waals surface area contributed by atoms with Crippen LogP contribution in [0.25, 0.3) is 22.3 Å². The van der Waals surface area contributed by atoms with Crippen LogP contribution in [0.2, 0.25) is 0 Å². The lowest BCUT2D eigenvalue weighted by molar-refractivity contribution is 0.284. The van der Waals surface area contributed by atoms with Crippen LogP contribution in [0.15, 0.2) is 66.7 Å². The first-order chi connectivity index (χ1) is 13.2. The van der Waals surface area contributed by atoms with E-state index in [1.807, 2.05) is 0 Å². The lowest BCUT2D eigenvalue weighted by Gasteiger charge is -2.12. The van der Waals surface area contributed by atoms with E-state index in [4.69, 9.17) is 5.11 Å². The summed E-state index contributed by atoms with van der Waals surface area (Å²) in [5.41, 5.74) is 9.29. The average molecular weight is 359 g/mol. The van der Waals surface area contributed by atoms with E-state index < -0.39 is 0 Å². The van der Waals surface area contributed by atoms with Crippen LogP contribution < -0.4 is 0 Å². The van der Waals surface area contributed by atoms with E-state index in [0.717, 1.165) is 32.1 Å². The Morgan fingerprint density at radius 1 is 0.630 bits per heavy atom. The molecule has 0 bridgehead atoms. The monoisotopic (exact) mass is 358 g/mol. The minimum Gasteiger partial charge on any atom is -0.396 e. The van der Waals surface area contributed by atoms with Gasteiger partial charge in [-0.15, -0.1) is 0 Å². The molecule has 3 aromatic carbocycles. The summed E-state index contributed by atoms with van der Waals surface area (Å²) in [4.78, 5) is 0. The Hall–Kier alpha value is -2.38. The molecule has 0 aliphatic carbocycles. The van der Waals surface area contributed by atoms with E-state index in [1.54, 1.807) is 0 Å². The van der Waals surface area contributed by atoms with E-state index in [-0.39, 0.29) is 6.61 Å². The molecule has 0 aromatic heterocycles. The van der Waals surface area contributed by atoms with Crippen molar-refractivity contribution in [3.8, 4) is 22.3 Å². The molecule has 0 unspecified atom stereocenters. The Bertz CT molecular complexity index is 844. The van der Waals surface area contributed by atoms with Gasteiger partial charge in [-0.3, -0.25) is 0 Å². The number of aliphatic hydroxyl groups excluding tert-OH is 1. The second-order valence-corrected chi connectivity index (χ2v) is 7.15. The number of rotatable bonds is 8. The summed E-state index contributed by atoms with van der Waals surface area (Å²) < 4.78 is 0. The number of hydrogen-bond donors (Lipinski definition) is 1. The first-order valence-corrected chi connectivity index (χ1v) is 10.2. The highest BCUT2D eigenvalue weighted by Gasteiger charge is 2.06. The van der Waals surface area contributed by atoms with Crippen molar-refractivity contribution in [1.29, 1.82) is 0 Å². The average Bonchev–Trinajstić information content (AvgIpc) is 2.74. The Balaban J connectivity index is 1.81. The minimum atomic E-state index is 0.284. The van der Waals surface area contributed by atoms with Crippen molar-refractivity contribution in [2.75, 3.05) is 6.61 Å². The van der Waals surface area contributed by atoms with Gasteiger partial charge >= 0.3 is 0 Å². The van der Waals surface area contributed by atoms with Crippen molar-refractivity contribution < 1.29 is 5.11 Å². The van der Waals surface area contributed by atoms with Crippen molar-refractivity contribution in [1.82, 2.24) is 0 Å². The van der Waals surface area contributed by atoms with Gasteiger partial charge in [0.1, 0.15) is 0 Å². The minimum absolute atomic E-state index is 0.284. The first-order valence-electron chi connectivity index (χ1n) is 10.2. The largest absolute Gasteiger partial charge is 0.396 e. The molecule has 0 amide bonds. The topological polar surface area (TPSA) is 20.2 Å². The summed E-state index contributed by atoms with van der Waals surface area (Å²) in [6.07, 6.45) is 5.08. The third-order valence-electron chi connectivity index (χ3n) is 5.32. The van der Waals surface area contributed by atoms with Crippen LogP contribution in [0.4, 0.5) is 0 Å². The summed E-state index contributed by atoms with van der Waals surface area (Å²) >= 11 is 0. The van der Waals surface area contributed by atoms with Gasteiger partial charge in [0.25, 0.3) is 0 Å². The molecule has 1 heteroatoms. The van der Waals surface area contributed by atoms with Crippen molar-refractivity contribution in [2.45, 2.75) is 46.0 Å². The molecule has 1 N–H and O–H groups in total. The normalized spacial score (nSPS) is 10.9. The molecule has 0 spiro atoms. The zero-order valence-corrected chi connectivity index (χ0v) is 16.5. The van der Waals surface area contributed by atoms with E-state index in [0.29, 0.717) is 0 Å². The molecule has 140 valence electrons. The zero-order chi connectivity index (χ0) is 19.1. The molecule has 27 heavy (non-hydrogen) atoms. The van der Waals surface area contributed by atoms with Gasteiger partial charge in [-0.25, -0.2) is 0 Å². The predicted octanol–water partition coefficient (Wildman–Crippen LogP) is 6.46. The van der Waals surface area contributed by atoms with Gasteiger partial charge in [0.05, 0.1) is 0 Å². The van der Waals surface area contributed by atoms with Gasteiger partial charge in [0.15, 0.2) is 0 Å². The molecular weight excluding hydrogens is 328 g/mol. The zero-order valence-electron chi connectivity index (χ0n) is 16.5. The van der Waals surface area contributed by atoms with E-state index in [9.17, 15) is 0 Å². The van der Waals surface area contributed by atoms with Gasteiger partial charge in [-0.05, 0) is 71.0 Å².